The highest BCUT2D eigenvalue weighted by Crippen LogP contribution is 2.23. The second-order valence-electron chi connectivity index (χ2n) is 6.87. The van der Waals surface area contributed by atoms with Gasteiger partial charge in [-0.25, -0.2) is 0 Å². The molecular weight excluding hydrogens is 350 g/mol. The molecular formula is C22H31N5O. The van der Waals surface area contributed by atoms with Crippen molar-refractivity contribution in [2.75, 3.05) is 27.2 Å². The molecule has 0 radical (unpaired) electrons. The Labute approximate surface area is 167 Å². The second kappa shape index (κ2) is 9.99. The molecule has 0 N–H and O–H groups in total. The van der Waals surface area contributed by atoms with Crippen LogP contribution in [0.2, 0.25) is 0 Å². The van der Waals surface area contributed by atoms with Crippen LogP contribution in [0.3, 0.4) is 0 Å². The third-order valence-corrected chi connectivity index (χ3v) is 4.38. The number of aromatic nitrogens is 3. The Hall–Kier alpha value is -2.73. The van der Waals surface area contributed by atoms with Gasteiger partial charge < -0.3 is 9.74 Å². The van der Waals surface area contributed by atoms with Crippen LogP contribution in [-0.4, -0.2) is 47.1 Å². The van der Waals surface area contributed by atoms with E-state index in [1.165, 1.54) is 0 Å². The van der Waals surface area contributed by atoms with Crippen molar-refractivity contribution in [1.29, 1.82) is 0 Å². The lowest BCUT2D eigenvalue weighted by Gasteiger charge is -2.07. The van der Waals surface area contributed by atoms with Crippen molar-refractivity contribution in [3.05, 3.63) is 53.4 Å². The Bertz CT molecular complexity index is 1020. The normalized spacial score (nSPS) is 11.6. The minimum atomic E-state index is 0.554. The van der Waals surface area contributed by atoms with E-state index in [0.29, 0.717) is 6.61 Å². The molecule has 0 bridgehead atoms. The standard InChI is InChI=1S/C19H25N5O.C3H6/c1-6-14-13(2)17(22-25-12-11-23(3)4)15-9-7-8-10-16(15)19-18(14)20-24(5)21-19;1-3-2/h7-10H,6,11-12H2,1-5H3;3H,1H2,2H3/b22-17-;. The predicted octanol–water partition coefficient (Wildman–Crippen LogP) is 3.58. The molecule has 0 saturated heterocycles. The van der Waals surface area contributed by atoms with Gasteiger partial charge in [-0.3, -0.25) is 0 Å². The maximum atomic E-state index is 5.62. The summed E-state index contributed by atoms with van der Waals surface area (Å²) in [6.45, 7) is 10.9. The van der Waals surface area contributed by atoms with Gasteiger partial charge in [-0.2, -0.15) is 15.0 Å². The number of nitrogens with zero attached hydrogens (tertiary/aromatic N) is 5. The molecule has 0 aliphatic carbocycles. The lowest BCUT2D eigenvalue weighted by atomic mass is 10.1. The van der Waals surface area contributed by atoms with Gasteiger partial charge in [0.2, 0.25) is 0 Å². The molecule has 0 aliphatic heterocycles. The topological polar surface area (TPSA) is 55.5 Å². The van der Waals surface area contributed by atoms with Crippen LogP contribution in [0.15, 0.2) is 42.1 Å². The first-order chi connectivity index (χ1) is 13.4. The average Bonchev–Trinajstić information content (AvgIpc) is 3.00. The predicted molar refractivity (Wildman–Crippen MR) is 116 cm³/mol. The fraction of sp³-hybridized carbons (Fsp3) is 0.409. The van der Waals surface area contributed by atoms with Crippen LogP contribution in [0.25, 0.3) is 21.8 Å². The van der Waals surface area contributed by atoms with Crippen molar-refractivity contribution in [3.8, 4) is 0 Å². The van der Waals surface area contributed by atoms with Crippen molar-refractivity contribution < 1.29 is 4.84 Å². The number of hydrogen-bond donors (Lipinski definition) is 0. The summed E-state index contributed by atoms with van der Waals surface area (Å²) in [6.07, 6.45) is 2.61. The first-order valence-electron chi connectivity index (χ1n) is 9.57. The smallest absolute Gasteiger partial charge is 0.129 e. The maximum absolute atomic E-state index is 5.62. The van der Waals surface area contributed by atoms with Gasteiger partial charge in [0.15, 0.2) is 0 Å². The summed E-state index contributed by atoms with van der Waals surface area (Å²) in [5.74, 6) is 0. The lowest BCUT2D eigenvalue weighted by Crippen LogP contribution is -2.18. The van der Waals surface area contributed by atoms with E-state index in [-0.39, 0.29) is 0 Å². The lowest BCUT2D eigenvalue weighted by molar-refractivity contribution is 0.117. The van der Waals surface area contributed by atoms with Crippen LogP contribution in [0.4, 0.5) is 0 Å². The highest BCUT2D eigenvalue weighted by atomic mass is 16.6. The number of aryl methyl sites for hydroxylation is 2. The van der Waals surface area contributed by atoms with Gasteiger partial charge in [0.1, 0.15) is 23.0 Å². The zero-order valence-electron chi connectivity index (χ0n) is 17.9. The minimum absolute atomic E-state index is 0.554. The van der Waals surface area contributed by atoms with Crippen LogP contribution in [0.1, 0.15) is 25.0 Å². The molecule has 0 amide bonds. The molecule has 1 aromatic heterocycles. The van der Waals surface area contributed by atoms with Crippen molar-refractivity contribution >= 4 is 21.8 Å². The largest absolute Gasteiger partial charge is 0.394 e. The van der Waals surface area contributed by atoms with E-state index in [0.717, 1.165) is 51.3 Å². The molecule has 2 aromatic carbocycles. The molecule has 28 heavy (non-hydrogen) atoms. The van der Waals surface area contributed by atoms with Gasteiger partial charge in [-0.1, -0.05) is 42.4 Å². The highest BCUT2D eigenvalue weighted by Gasteiger charge is 2.13. The monoisotopic (exact) mass is 381 g/mol. The third kappa shape index (κ3) is 4.75. The zero-order chi connectivity index (χ0) is 20.7. The molecule has 0 aliphatic rings. The van der Waals surface area contributed by atoms with Gasteiger partial charge in [0.25, 0.3) is 0 Å². The van der Waals surface area contributed by atoms with Crippen molar-refractivity contribution in [3.63, 3.8) is 0 Å². The summed E-state index contributed by atoms with van der Waals surface area (Å²) >= 11 is 0. The average molecular weight is 382 g/mol. The van der Waals surface area contributed by atoms with Crippen LogP contribution in [0.5, 0.6) is 0 Å². The number of benzene rings is 1. The molecule has 1 heterocycles. The molecule has 0 unspecified atom stereocenters. The van der Waals surface area contributed by atoms with E-state index in [4.69, 9.17) is 4.84 Å². The Balaban J connectivity index is 0.000000878. The summed E-state index contributed by atoms with van der Waals surface area (Å²) in [5, 5.41) is 16.7. The Kier molecular flexibility index (Phi) is 7.70. The molecule has 3 aromatic rings. The molecule has 0 spiro atoms. The van der Waals surface area contributed by atoms with Gasteiger partial charge in [0, 0.05) is 24.4 Å². The van der Waals surface area contributed by atoms with Crippen molar-refractivity contribution in [1.82, 2.24) is 19.9 Å². The summed E-state index contributed by atoms with van der Waals surface area (Å²) in [4.78, 5) is 9.34. The quantitative estimate of drug-likeness (QED) is 0.385. The van der Waals surface area contributed by atoms with Crippen LogP contribution in [-0.2, 0) is 18.3 Å². The molecule has 0 fully saturated rings. The molecule has 6 nitrogen and oxygen atoms in total. The Morgan fingerprint density at radius 2 is 1.79 bits per heavy atom. The fourth-order valence-corrected chi connectivity index (χ4v) is 3.09. The summed E-state index contributed by atoms with van der Waals surface area (Å²) < 4.78 is 0. The van der Waals surface area contributed by atoms with Crippen molar-refractivity contribution in [2.24, 2.45) is 12.2 Å². The van der Waals surface area contributed by atoms with E-state index in [2.05, 4.69) is 52.8 Å². The summed E-state index contributed by atoms with van der Waals surface area (Å²) in [5.41, 5.74) is 4.11. The maximum Gasteiger partial charge on any atom is 0.129 e. The van der Waals surface area contributed by atoms with E-state index in [1.54, 1.807) is 10.9 Å². The number of hydrogen-bond acceptors (Lipinski definition) is 5. The number of fused-ring (bicyclic) bond motifs is 3. The van der Waals surface area contributed by atoms with Crippen molar-refractivity contribution in [2.45, 2.75) is 27.2 Å². The van der Waals surface area contributed by atoms with Gasteiger partial charge in [-0.05, 0) is 45.5 Å². The Morgan fingerprint density at radius 3 is 2.39 bits per heavy atom. The zero-order valence-corrected chi connectivity index (χ0v) is 17.9. The number of likely N-dealkylation sites (N-methyl/N-ethyl adjacent to an activating group) is 1. The molecule has 0 atom stereocenters. The molecule has 6 heteroatoms. The SMILES string of the molecule is C=CC.CCc1c(C)/c(=N/OCCN(C)C)c2ccccc2c2nn(C)nc12. The Morgan fingerprint density at radius 1 is 1.18 bits per heavy atom. The first kappa shape index (κ1) is 21.6. The summed E-state index contributed by atoms with van der Waals surface area (Å²) in [6, 6.07) is 8.19. The third-order valence-electron chi connectivity index (χ3n) is 4.38. The second-order valence-corrected chi connectivity index (χ2v) is 6.87. The van der Waals surface area contributed by atoms with Gasteiger partial charge in [0.05, 0.1) is 0 Å². The number of rotatable bonds is 5. The van der Waals surface area contributed by atoms with Gasteiger partial charge >= 0.3 is 0 Å². The van der Waals surface area contributed by atoms with Crippen LogP contribution >= 0.6 is 0 Å². The van der Waals surface area contributed by atoms with Gasteiger partial charge in [-0.15, -0.1) is 6.58 Å². The molecule has 3 rings (SSSR count). The molecule has 150 valence electrons. The summed E-state index contributed by atoms with van der Waals surface area (Å²) in [7, 11) is 5.90. The molecule has 0 saturated carbocycles. The van der Waals surface area contributed by atoms with E-state index in [9.17, 15) is 0 Å². The van der Waals surface area contributed by atoms with Crippen LogP contribution < -0.4 is 5.36 Å². The van der Waals surface area contributed by atoms with E-state index in [1.807, 2.05) is 40.2 Å². The van der Waals surface area contributed by atoms with E-state index < -0.39 is 0 Å². The fourth-order valence-electron chi connectivity index (χ4n) is 3.09. The highest BCUT2D eigenvalue weighted by molar-refractivity contribution is 6.03. The minimum Gasteiger partial charge on any atom is -0.394 e. The van der Waals surface area contributed by atoms with Crippen LogP contribution in [0, 0.1) is 6.92 Å². The first-order valence-corrected chi connectivity index (χ1v) is 9.57. The van der Waals surface area contributed by atoms with E-state index >= 15 is 0 Å². The number of allylic oxidation sites excluding steroid dienone is 1.